The first-order chi connectivity index (χ1) is 44.5. The van der Waals surface area contributed by atoms with E-state index in [4.69, 9.17) is 21.7 Å². The average Bonchev–Trinajstić information content (AvgIpc) is 1.64. The smallest absolute Gasteiger partial charge is 0.317 e. The number of hydrogen-bond donors (Lipinski definition) is 15. The van der Waals surface area contributed by atoms with E-state index in [0.29, 0.717) is 42.6 Å². The maximum Gasteiger partial charge on any atom is 0.317 e. The Bertz CT molecular complexity index is 3200. The van der Waals surface area contributed by atoms with Crippen LogP contribution in [0.5, 0.6) is 5.75 Å². The first-order valence-electron chi connectivity index (χ1n) is 30.7. The number of carbonyl (C=O) groups is 11. The third-order valence-electron chi connectivity index (χ3n) is 15.0. The molecule has 93 heavy (non-hydrogen) atoms. The summed E-state index contributed by atoms with van der Waals surface area (Å²) in [5.41, 5.74) is 13.1. The van der Waals surface area contributed by atoms with Gasteiger partial charge in [-0.05, 0) is 96.8 Å². The zero-order valence-corrected chi connectivity index (χ0v) is 52.2. The third-order valence-corrected chi connectivity index (χ3v) is 15.0. The normalized spacial score (nSPS) is 16.5. The third kappa shape index (κ3) is 28.1. The van der Waals surface area contributed by atoms with E-state index in [1.165, 1.54) is 36.2 Å². The fraction of sp³-hybridized carbons (Fsp3) is 0.460. The van der Waals surface area contributed by atoms with Crippen LogP contribution < -0.4 is 59.3 Å². The highest BCUT2D eigenvalue weighted by Gasteiger charge is 2.36. The fourth-order valence-corrected chi connectivity index (χ4v) is 10.1. The molecule has 1 fully saturated rings. The van der Waals surface area contributed by atoms with Gasteiger partial charge < -0.3 is 84.6 Å². The van der Waals surface area contributed by atoms with Crippen LogP contribution in [0.1, 0.15) is 72.9 Å². The molecule has 1 aliphatic heterocycles. The molecule has 504 valence electrons. The first-order valence-corrected chi connectivity index (χ1v) is 30.7. The number of nitrogens with two attached hydrogens (primary N) is 2. The van der Waals surface area contributed by atoms with E-state index in [2.05, 4.69) is 52.8 Å². The van der Waals surface area contributed by atoms with Crippen molar-refractivity contribution >= 4 is 87.6 Å². The maximum atomic E-state index is 14.7. The van der Waals surface area contributed by atoms with Gasteiger partial charge >= 0.3 is 17.9 Å². The largest absolute Gasteiger partial charge is 0.508 e. The molecule has 0 spiro atoms. The van der Waals surface area contributed by atoms with Crippen LogP contribution in [0.4, 0.5) is 5.69 Å². The second-order valence-corrected chi connectivity index (χ2v) is 22.4. The topological polar surface area (TPSA) is 451 Å². The molecule has 1 aliphatic rings. The van der Waals surface area contributed by atoms with Crippen molar-refractivity contribution in [3.63, 3.8) is 0 Å². The summed E-state index contributed by atoms with van der Waals surface area (Å²) in [7, 11) is 1.38. The van der Waals surface area contributed by atoms with Gasteiger partial charge in [0, 0.05) is 96.5 Å². The lowest BCUT2D eigenvalue weighted by Gasteiger charge is -2.32. The second-order valence-electron chi connectivity index (χ2n) is 22.4. The summed E-state index contributed by atoms with van der Waals surface area (Å²) in [5, 5.41) is 63.9. The number of guanidine groups is 1. The summed E-state index contributed by atoms with van der Waals surface area (Å²) in [4.78, 5) is 152. The second kappa shape index (κ2) is 39.5. The molecule has 5 rings (SSSR count). The molecule has 0 bridgehead atoms. The lowest BCUT2D eigenvalue weighted by molar-refractivity contribution is -0.142. The molecular formula is C63H87N15O15. The Morgan fingerprint density at radius 3 is 1.88 bits per heavy atom. The lowest BCUT2D eigenvalue weighted by atomic mass is 10.00. The Morgan fingerprint density at radius 2 is 1.23 bits per heavy atom. The monoisotopic (exact) mass is 1290 g/mol. The fourth-order valence-electron chi connectivity index (χ4n) is 10.1. The number of hydrogen-bond acceptors (Lipinski definition) is 17. The van der Waals surface area contributed by atoms with E-state index >= 15 is 0 Å². The number of unbranched alkanes of at least 4 members (excludes halogenated alkanes) is 2. The molecule has 0 unspecified atom stereocenters. The van der Waals surface area contributed by atoms with E-state index in [1.54, 1.807) is 34.1 Å². The van der Waals surface area contributed by atoms with Crippen LogP contribution in [0.25, 0.3) is 10.8 Å². The Labute approximate surface area is 538 Å². The summed E-state index contributed by atoms with van der Waals surface area (Å²) in [5.74, 6) is -8.07. The molecule has 0 saturated carbocycles. The molecule has 1 saturated heterocycles. The minimum absolute atomic E-state index is 0.00105. The standard InChI is InChI=1S/C63H87N15O15/c1-76-51(12-8-25-69-58(89)44-18-20-46(21-19-44)72-52(80)13-3-2-6-24-68-54(82)39-77(29-27-66-37-55(83)84)31-32-78(40-57(87)88)30-28-67-38-56(85)86)61(92)74-48(11-7-26-70-63(64)65)60(91)75-49(35-42-14-17-43-9-4-5-10-45(43)33-42)59(90)71-36-53(81)73-50(62(76)93)34-41-15-22-47(79)23-16-41/h4-5,9-10,14-23,33,48-51,66-67,79H,2-3,6-8,11-13,24-32,34-40H2,1H3,(H,68,82)(H,69,89)(H,71,90)(H,72,80)(H,73,81)(H,74,92)(H,75,91)(H,83,84)(H,85,86)(H,87,88)(H4,64,65,70)/t48-,49-,50+,51+/m0/s1. The molecule has 4 aromatic rings. The van der Waals surface area contributed by atoms with Gasteiger partial charge in [-0.3, -0.25) is 67.5 Å². The van der Waals surface area contributed by atoms with Crippen molar-refractivity contribution in [2.45, 2.75) is 88.4 Å². The maximum absolute atomic E-state index is 14.7. The number of aromatic hydroxyl groups is 1. The first kappa shape index (κ1) is 74.0. The Balaban J connectivity index is 1.17. The molecule has 17 N–H and O–H groups in total. The van der Waals surface area contributed by atoms with Gasteiger partial charge in [0.15, 0.2) is 5.96 Å². The van der Waals surface area contributed by atoms with Gasteiger partial charge in [-0.1, -0.05) is 61.0 Å². The summed E-state index contributed by atoms with van der Waals surface area (Å²) in [6, 6.07) is 20.3. The quantitative estimate of drug-likeness (QED) is 0.0141. The number of phenols is 1. The number of carboxylic acid groups (broad SMARTS) is 3. The van der Waals surface area contributed by atoms with E-state index in [1.807, 2.05) is 42.5 Å². The number of carbonyl (C=O) groups excluding carboxylic acids is 8. The van der Waals surface area contributed by atoms with Crippen molar-refractivity contribution in [3.8, 4) is 5.75 Å². The molecule has 30 nitrogen and oxygen atoms in total. The van der Waals surface area contributed by atoms with E-state index < -0.39 is 84.1 Å². The van der Waals surface area contributed by atoms with Gasteiger partial charge in [0.05, 0.1) is 32.7 Å². The summed E-state index contributed by atoms with van der Waals surface area (Å²) < 4.78 is 0. The highest BCUT2D eigenvalue weighted by atomic mass is 16.4. The van der Waals surface area contributed by atoms with Crippen LogP contribution in [0, 0.1) is 0 Å². The van der Waals surface area contributed by atoms with Crippen LogP contribution in [0.2, 0.25) is 0 Å². The van der Waals surface area contributed by atoms with Gasteiger partial charge in [-0.15, -0.1) is 0 Å². The number of amides is 8. The van der Waals surface area contributed by atoms with Crippen molar-refractivity contribution in [2.75, 3.05) is 104 Å². The Kier molecular flexibility index (Phi) is 31.4. The molecule has 0 radical (unpaired) electrons. The van der Waals surface area contributed by atoms with Crippen LogP contribution in [-0.4, -0.2) is 229 Å². The van der Waals surface area contributed by atoms with Gasteiger partial charge in [-0.25, -0.2) is 0 Å². The number of phenolic OH excluding ortho intramolecular Hbond substituents is 1. The number of nitrogens with one attached hydrogen (secondary N) is 9. The van der Waals surface area contributed by atoms with Gasteiger partial charge in [-0.2, -0.15) is 0 Å². The molecule has 1 heterocycles. The minimum atomic E-state index is -1.28. The number of aliphatic imine (C=N–C) groups is 1. The molecule has 0 aromatic heterocycles. The minimum Gasteiger partial charge on any atom is -0.508 e. The molecule has 4 aromatic carbocycles. The number of rotatable bonds is 37. The summed E-state index contributed by atoms with van der Waals surface area (Å²) in [6.07, 6.45) is 2.04. The zero-order chi connectivity index (χ0) is 67.7. The van der Waals surface area contributed by atoms with Crippen molar-refractivity contribution in [1.29, 1.82) is 0 Å². The van der Waals surface area contributed by atoms with Crippen LogP contribution in [-0.2, 0) is 60.8 Å². The van der Waals surface area contributed by atoms with Crippen LogP contribution in [0.3, 0.4) is 0 Å². The molecule has 30 heteroatoms. The van der Waals surface area contributed by atoms with Crippen molar-refractivity contribution in [3.05, 3.63) is 108 Å². The number of carboxylic acids is 3. The number of nitrogens with zero attached hydrogens (tertiary/aromatic N) is 4. The predicted molar refractivity (Wildman–Crippen MR) is 344 cm³/mol. The highest BCUT2D eigenvalue weighted by molar-refractivity contribution is 5.98. The molecular weight excluding hydrogens is 1210 g/mol. The Hall–Kier alpha value is -9.78. The summed E-state index contributed by atoms with van der Waals surface area (Å²) in [6.45, 7) is 0.418. The van der Waals surface area contributed by atoms with E-state index in [-0.39, 0.29) is 153 Å². The van der Waals surface area contributed by atoms with E-state index in [9.17, 15) is 63.0 Å². The number of benzene rings is 4. The number of anilines is 1. The lowest BCUT2D eigenvalue weighted by Crippen LogP contribution is -2.58. The SMILES string of the molecule is CN1C(=O)[C@@H](Cc2ccc(O)cc2)NC(=O)CNC(=O)[C@H](Cc2ccc3ccccc3c2)NC(=O)[C@H](CCCN=C(N)N)NC(=O)[C@H]1CCCNC(=O)c1ccc(NC(=O)CCCCCNC(=O)CN(CCNCC(=O)O)CCN(CCNCC(=O)O)CC(=O)O)cc1. The molecule has 0 aliphatic carbocycles. The summed E-state index contributed by atoms with van der Waals surface area (Å²) >= 11 is 0. The Morgan fingerprint density at radius 1 is 0.602 bits per heavy atom. The van der Waals surface area contributed by atoms with Gasteiger partial charge in [0.2, 0.25) is 41.4 Å². The van der Waals surface area contributed by atoms with Crippen LogP contribution >= 0.6 is 0 Å². The van der Waals surface area contributed by atoms with Crippen molar-refractivity contribution in [1.82, 2.24) is 57.2 Å². The predicted octanol–water partition coefficient (Wildman–Crippen LogP) is -1.34. The van der Waals surface area contributed by atoms with Crippen LogP contribution in [0.15, 0.2) is 96.0 Å². The van der Waals surface area contributed by atoms with Crippen molar-refractivity contribution < 1.29 is 73.2 Å². The molecule has 4 atom stereocenters. The van der Waals surface area contributed by atoms with Gasteiger partial charge in [0.25, 0.3) is 5.91 Å². The zero-order valence-electron chi connectivity index (χ0n) is 52.2. The number of likely N-dealkylation sites (N-methyl/N-ethyl adjacent to an activating group) is 1. The van der Waals surface area contributed by atoms with Crippen molar-refractivity contribution in [2.24, 2.45) is 16.5 Å². The van der Waals surface area contributed by atoms with E-state index in [0.717, 1.165) is 10.8 Å². The average molecular weight is 1290 g/mol. The highest BCUT2D eigenvalue weighted by Crippen LogP contribution is 2.19. The number of aliphatic carboxylic acids is 3. The van der Waals surface area contributed by atoms with Gasteiger partial charge in [0.1, 0.15) is 29.9 Å². The number of fused-ring (bicyclic) bond motifs is 1. The molecule has 8 amide bonds.